The first-order chi connectivity index (χ1) is 16.3. The van der Waals surface area contributed by atoms with Gasteiger partial charge < -0.3 is 14.7 Å². The topological polar surface area (TPSA) is 74.6 Å². The molecule has 4 atom stereocenters. The van der Waals surface area contributed by atoms with Gasteiger partial charge in [-0.05, 0) is 61.9 Å². The number of aromatic nitrogens is 3. The van der Waals surface area contributed by atoms with Gasteiger partial charge in [-0.1, -0.05) is 18.2 Å². The van der Waals surface area contributed by atoms with Gasteiger partial charge in [0.25, 0.3) is 0 Å². The minimum Gasteiger partial charge on any atom is -0.507 e. The van der Waals surface area contributed by atoms with Gasteiger partial charge in [-0.2, -0.15) is 0 Å². The van der Waals surface area contributed by atoms with Crippen LogP contribution in [0.3, 0.4) is 0 Å². The summed E-state index contributed by atoms with van der Waals surface area (Å²) < 4.78 is 20.5. The summed E-state index contributed by atoms with van der Waals surface area (Å²) in [6.45, 7) is 2.14. The number of nitrogens with zero attached hydrogens (tertiary/aromatic N) is 5. The van der Waals surface area contributed by atoms with Crippen LogP contribution in [0.1, 0.15) is 13.3 Å². The monoisotopic (exact) mass is 461 g/mol. The number of hydrogen-bond donors (Lipinski definition) is 1. The van der Waals surface area contributed by atoms with Gasteiger partial charge in [-0.25, -0.2) is 9.37 Å². The van der Waals surface area contributed by atoms with Crippen LogP contribution in [0, 0.1) is 0 Å². The zero-order valence-electron chi connectivity index (χ0n) is 19.7. The first-order valence-corrected chi connectivity index (χ1v) is 11.3. The van der Waals surface area contributed by atoms with Crippen molar-refractivity contribution < 1.29 is 14.2 Å². The zero-order valence-corrected chi connectivity index (χ0v) is 19.7. The maximum absolute atomic E-state index is 15.3. The van der Waals surface area contributed by atoms with E-state index < -0.39 is 6.17 Å². The lowest BCUT2D eigenvalue weighted by Gasteiger charge is -2.48. The number of halogens is 1. The average molecular weight is 462 g/mol. The lowest BCUT2D eigenvalue weighted by atomic mass is 9.85. The molecule has 1 N–H and O–H groups in total. The van der Waals surface area contributed by atoms with Crippen LogP contribution in [-0.2, 0) is 0 Å². The van der Waals surface area contributed by atoms with E-state index in [4.69, 9.17) is 4.74 Å². The van der Waals surface area contributed by atoms with Crippen molar-refractivity contribution in [2.24, 2.45) is 0 Å². The summed E-state index contributed by atoms with van der Waals surface area (Å²) in [6.07, 6.45) is 5.39. The molecule has 0 spiro atoms. The normalized spacial score (nSPS) is 26.0. The highest BCUT2D eigenvalue weighted by atomic mass is 19.1. The van der Waals surface area contributed by atoms with Gasteiger partial charge in [-0.3, -0.25) is 4.90 Å². The highest BCUT2D eigenvalue weighted by Crippen LogP contribution is 2.41. The first kappa shape index (κ1) is 22.3. The number of ether oxygens (including phenoxy) is 1. The number of phenols is 1. The van der Waals surface area contributed by atoms with Gasteiger partial charge in [0.15, 0.2) is 5.82 Å². The van der Waals surface area contributed by atoms with Crippen molar-refractivity contribution >= 4 is 5.82 Å². The standard InChI is InChI=1S/C26H28FN5O2/c1-26-11-9-20(32(26)3)25(27)21(15-26)31(2)23-8-7-19(29-30-23)18-6-5-16(13-22(18)33)17-10-12-28-24(14-17)34-4/h5-14,20-21,25,33H,15H2,1-4H3/t20?,21-,25+,26-/m1/s1. The second-order valence-corrected chi connectivity index (χ2v) is 9.24. The molecule has 3 aromatic rings. The molecule has 176 valence electrons. The molecule has 2 bridgehead atoms. The van der Waals surface area contributed by atoms with E-state index in [-0.39, 0.29) is 23.4 Å². The van der Waals surface area contributed by atoms with Gasteiger partial charge in [0.2, 0.25) is 5.88 Å². The molecule has 1 aromatic carbocycles. The first-order valence-electron chi connectivity index (χ1n) is 11.3. The lowest BCUT2D eigenvalue weighted by Crippen LogP contribution is -2.61. The number of aromatic hydroxyl groups is 1. The van der Waals surface area contributed by atoms with E-state index in [1.54, 1.807) is 25.4 Å². The van der Waals surface area contributed by atoms with Crippen molar-refractivity contribution in [3.05, 3.63) is 60.8 Å². The van der Waals surface area contributed by atoms with Crippen molar-refractivity contribution in [3.63, 3.8) is 0 Å². The fourth-order valence-corrected chi connectivity index (χ4v) is 4.99. The summed E-state index contributed by atoms with van der Waals surface area (Å²) in [7, 11) is 5.41. The number of likely N-dealkylation sites (N-methyl/N-ethyl adjacent to an activating group) is 1. The van der Waals surface area contributed by atoms with E-state index in [0.717, 1.165) is 11.1 Å². The summed E-state index contributed by atoms with van der Waals surface area (Å²) in [4.78, 5) is 8.10. The highest BCUT2D eigenvalue weighted by Gasteiger charge is 2.50. The molecule has 1 unspecified atom stereocenters. The van der Waals surface area contributed by atoms with E-state index in [1.807, 2.05) is 55.4 Å². The minimum absolute atomic E-state index is 0.0957. The van der Waals surface area contributed by atoms with E-state index in [2.05, 4.69) is 33.1 Å². The Morgan fingerprint density at radius 3 is 2.65 bits per heavy atom. The molecule has 2 aliphatic rings. The number of anilines is 1. The number of benzene rings is 1. The molecule has 1 saturated heterocycles. The molecule has 0 amide bonds. The molecule has 0 radical (unpaired) electrons. The van der Waals surface area contributed by atoms with Crippen LogP contribution >= 0.6 is 0 Å². The van der Waals surface area contributed by atoms with Crippen LogP contribution in [0.15, 0.2) is 60.8 Å². The molecule has 0 aliphatic carbocycles. The summed E-state index contributed by atoms with van der Waals surface area (Å²) in [5, 5.41) is 19.4. The van der Waals surface area contributed by atoms with Gasteiger partial charge in [-0.15, -0.1) is 10.2 Å². The fourth-order valence-electron chi connectivity index (χ4n) is 4.99. The van der Waals surface area contributed by atoms with Gasteiger partial charge in [0.05, 0.1) is 24.9 Å². The molecule has 8 heteroatoms. The largest absolute Gasteiger partial charge is 0.507 e. The summed E-state index contributed by atoms with van der Waals surface area (Å²) in [5.74, 6) is 1.20. The maximum atomic E-state index is 15.3. The lowest BCUT2D eigenvalue weighted by molar-refractivity contribution is 0.0354. The summed E-state index contributed by atoms with van der Waals surface area (Å²) in [5.41, 5.74) is 2.67. The number of fused-ring (bicyclic) bond motifs is 2. The van der Waals surface area contributed by atoms with E-state index in [9.17, 15) is 5.11 Å². The predicted octanol–water partition coefficient (Wildman–Crippen LogP) is 4.10. The second kappa shape index (κ2) is 8.36. The number of methoxy groups -OCH3 is 1. The Morgan fingerprint density at radius 1 is 1.15 bits per heavy atom. The second-order valence-electron chi connectivity index (χ2n) is 9.24. The predicted molar refractivity (Wildman–Crippen MR) is 130 cm³/mol. The third kappa shape index (κ3) is 3.68. The summed E-state index contributed by atoms with van der Waals surface area (Å²) in [6, 6.07) is 12.2. The van der Waals surface area contributed by atoms with Crippen LogP contribution in [0.4, 0.5) is 10.2 Å². The van der Waals surface area contributed by atoms with Crippen LogP contribution in [-0.4, -0.2) is 70.2 Å². The van der Waals surface area contributed by atoms with Gasteiger partial charge >= 0.3 is 0 Å². The van der Waals surface area contributed by atoms with Crippen molar-refractivity contribution in [3.8, 4) is 34.0 Å². The number of pyridine rings is 1. The molecule has 4 heterocycles. The Kier molecular flexibility index (Phi) is 5.48. The van der Waals surface area contributed by atoms with Crippen molar-refractivity contribution in [1.29, 1.82) is 0 Å². The van der Waals surface area contributed by atoms with Crippen LogP contribution in [0.25, 0.3) is 22.4 Å². The fraction of sp³-hybridized carbons (Fsp3) is 0.346. The smallest absolute Gasteiger partial charge is 0.213 e. The number of piperidine rings is 1. The van der Waals surface area contributed by atoms with Crippen molar-refractivity contribution in [2.45, 2.75) is 37.1 Å². The van der Waals surface area contributed by atoms with E-state index in [0.29, 0.717) is 29.4 Å². The number of phenolic OH excluding ortho intramolecular Hbond substituents is 1. The molecule has 2 aromatic heterocycles. The van der Waals surface area contributed by atoms with Gasteiger partial charge in [0.1, 0.15) is 11.9 Å². The number of hydrogen-bond acceptors (Lipinski definition) is 7. The maximum Gasteiger partial charge on any atom is 0.213 e. The Morgan fingerprint density at radius 2 is 1.94 bits per heavy atom. The molecule has 0 saturated carbocycles. The minimum atomic E-state index is -1.02. The number of alkyl halides is 1. The molecule has 34 heavy (non-hydrogen) atoms. The molecule has 7 nitrogen and oxygen atoms in total. The Bertz CT molecular complexity index is 1230. The molecule has 2 aliphatic heterocycles. The number of rotatable bonds is 5. The molecular formula is C26H28FN5O2. The van der Waals surface area contributed by atoms with Crippen LogP contribution in [0.5, 0.6) is 11.6 Å². The van der Waals surface area contributed by atoms with Crippen LogP contribution in [0.2, 0.25) is 0 Å². The SMILES string of the molecule is COc1cc(-c2ccc(-c3ccc(N(C)[C@@H]4C[C@@]5(C)C=CC([C@@H]4F)N5C)nn3)c(O)c2)ccn1. The Labute approximate surface area is 198 Å². The van der Waals surface area contributed by atoms with Crippen molar-refractivity contribution in [1.82, 2.24) is 20.1 Å². The quantitative estimate of drug-likeness (QED) is 0.574. The highest BCUT2D eigenvalue weighted by molar-refractivity contribution is 5.74. The molecule has 1 fully saturated rings. The average Bonchev–Trinajstić information content (AvgIpc) is 3.07. The molecular weight excluding hydrogens is 433 g/mol. The van der Waals surface area contributed by atoms with E-state index in [1.165, 1.54) is 0 Å². The third-order valence-corrected chi connectivity index (χ3v) is 7.28. The summed E-state index contributed by atoms with van der Waals surface area (Å²) >= 11 is 0. The zero-order chi connectivity index (χ0) is 24.0. The van der Waals surface area contributed by atoms with E-state index >= 15 is 4.39 Å². The van der Waals surface area contributed by atoms with Gasteiger partial charge in [0, 0.05) is 30.4 Å². The van der Waals surface area contributed by atoms with Crippen molar-refractivity contribution in [2.75, 3.05) is 26.1 Å². The Hall–Kier alpha value is -3.52. The Balaban J connectivity index is 1.36. The van der Waals surface area contributed by atoms with Crippen LogP contribution < -0.4 is 9.64 Å². The molecule has 5 rings (SSSR count). The third-order valence-electron chi connectivity index (χ3n) is 7.28.